The van der Waals surface area contributed by atoms with E-state index >= 15 is 0 Å². The van der Waals surface area contributed by atoms with Gasteiger partial charge in [0.05, 0.1) is 6.61 Å². The molecular weight excluding hydrogens is 214 g/mol. The van der Waals surface area contributed by atoms with Gasteiger partial charge in [-0.1, -0.05) is 18.2 Å². The maximum absolute atomic E-state index is 9.98. The Kier molecular flexibility index (Phi) is 4.02. The molecule has 0 saturated carbocycles. The molecule has 2 rings (SSSR count). The molecule has 0 bridgehead atoms. The average Bonchev–Trinajstić information content (AvgIpc) is 2.73. The second-order valence-electron chi connectivity index (χ2n) is 4.93. The number of benzene rings is 1. The van der Waals surface area contributed by atoms with Crippen molar-refractivity contribution in [3.05, 3.63) is 29.3 Å². The predicted octanol–water partition coefficient (Wildman–Crippen LogP) is 2.17. The second-order valence-corrected chi connectivity index (χ2v) is 4.93. The first-order valence-electron chi connectivity index (χ1n) is 6.19. The number of methoxy groups -OCH3 is 1. The first-order chi connectivity index (χ1) is 8.20. The van der Waals surface area contributed by atoms with Gasteiger partial charge in [-0.15, -0.1) is 0 Å². The van der Waals surface area contributed by atoms with Gasteiger partial charge in [0.25, 0.3) is 0 Å². The van der Waals surface area contributed by atoms with Gasteiger partial charge in [-0.3, -0.25) is 4.90 Å². The summed E-state index contributed by atoms with van der Waals surface area (Å²) in [6.07, 6.45) is 1.19. The molecule has 3 nitrogen and oxygen atoms in total. The summed E-state index contributed by atoms with van der Waals surface area (Å²) in [6.45, 7) is 5.79. The number of para-hydroxylation sites is 1. The summed E-state index contributed by atoms with van der Waals surface area (Å²) in [4.78, 5) is 2.39. The maximum atomic E-state index is 9.98. The Morgan fingerprint density at radius 2 is 2.29 bits per heavy atom. The van der Waals surface area contributed by atoms with Crippen LogP contribution in [0.15, 0.2) is 18.2 Å². The van der Waals surface area contributed by atoms with Gasteiger partial charge in [0.2, 0.25) is 0 Å². The fraction of sp³-hybridized carbons (Fsp3) is 0.571. The van der Waals surface area contributed by atoms with Crippen molar-refractivity contribution in [3.8, 4) is 5.75 Å². The minimum Gasteiger partial charge on any atom is -0.507 e. The van der Waals surface area contributed by atoms with E-state index in [2.05, 4.69) is 4.90 Å². The molecule has 0 aliphatic carbocycles. The molecule has 1 unspecified atom stereocenters. The van der Waals surface area contributed by atoms with Crippen LogP contribution in [0, 0.1) is 12.8 Å². The Bertz CT molecular complexity index is 378. The van der Waals surface area contributed by atoms with Gasteiger partial charge in [0.15, 0.2) is 0 Å². The summed E-state index contributed by atoms with van der Waals surface area (Å²) in [5.41, 5.74) is 1.98. The minimum atomic E-state index is 0.447. The minimum absolute atomic E-state index is 0.447. The number of hydrogen-bond acceptors (Lipinski definition) is 3. The van der Waals surface area contributed by atoms with Gasteiger partial charge in [-0.25, -0.2) is 0 Å². The first kappa shape index (κ1) is 12.4. The van der Waals surface area contributed by atoms with Crippen LogP contribution in [0.5, 0.6) is 5.75 Å². The van der Waals surface area contributed by atoms with E-state index < -0.39 is 0 Å². The lowest BCUT2D eigenvalue weighted by atomic mass is 10.1. The fourth-order valence-corrected chi connectivity index (χ4v) is 2.52. The van der Waals surface area contributed by atoms with Crippen LogP contribution in [0.25, 0.3) is 0 Å². The van der Waals surface area contributed by atoms with Crippen LogP contribution in [0.4, 0.5) is 0 Å². The van der Waals surface area contributed by atoms with Crippen LogP contribution >= 0.6 is 0 Å². The lowest BCUT2D eigenvalue weighted by Crippen LogP contribution is -2.21. The maximum Gasteiger partial charge on any atom is 0.122 e. The Morgan fingerprint density at radius 1 is 1.47 bits per heavy atom. The van der Waals surface area contributed by atoms with Crippen molar-refractivity contribution in [1.82, 2.24) is 4.90 Å². The zero-order valence-electron chi connectivity index (χ0n) is 10.6. The van der Waals surface area contributed by atoms with Gasteiger partial charge >= 0.3 is 0 Å². The number of likely N-dealkylation sites (tertiary alicyclic amines) is 1. The van der Waals surface area contributed by atoms with Crippen LogP contribution in [0.2, 0.25) is 0 Å². The van der Waals surface area contributed by atoms with Crippen molar-refractivity contribution in [3.63, 3.8) is 0 Å². The van der Waals surface area contributed by atoms with E-state index in [1.165, 1.54) is 6.42 Å². The summed E-state index contributed by atoms with van der Waals surface area (Å²) >= 11 is 0. The van der Waals surface area contributed by atoms with Crippen LogP contribution in [-0.2, 0) is 11.3 Å². The van der Waals surface area contributed by atoms with Crippen molar-refractivity contribution < 1.29 is 9.84 Å². The Hall–Kier alpha value is -1.06. The third-order valence-corrected chi connectivity index (χ3v) is 3.49. The zero-order valence-corrected chi connectivity index (χ0v) is 10.6. The molecule has 1 atom stereocenters. The van der Waals surface area contributed by atoms with E-state index in [0.29, 0.717) is 11.7 Å². The smallest absolute Gasteiger partial charge is 0.122 e. The van der Waals surface area contributed by atoms with Crippen molar-refractivity contribution >= 4 is 0 Å². The highest BCUT2D eigenvalue weighted by Gasteiger charge is 2.22. The molecule has 3 heteroatoms. The van der Waals surface area contributed by atoms with Gasteiger partial charge in [0, 0.05) is 25.8 Å². The van der Waals surface area contributed by atoms with Gasteiger partial charge in [0.1, 0.15) is 5.75 Å². The predicted molar refractivity (Wildman–Crippen MR) is 68.1 cm³/mol. The van der Waals surface area contributed by atoms with Crippen molar-refractivity contribution in [2.45, 2.75) is 19.9 Å². The summed E-state index contributed by atoms with van der Waals surface area (Å²) < 4.78 is 5.19. The highest BCUT2D eigenvalue weighted by molar-refractivity contribution is 5.39. The number of aromatic hydroxyl groups is 1. The first-order valence-corrected chi connectivity index (χ1v) is 6.19. The van der Waals surface area contributed by atoms with Crippen LogP contribution < -0.4 is 0 Å². The highest BCUT2D eigenvalue weighted by atomic mass is 16.5. The number of ether oxygens (including phenoxy) is 1. The Balaban J connectivity index is 1.96. The van der Waals surface area contributed by atoms with Crippen LogP contribution in [0.3, 0.4) is 0 Å². The molecule has 0 radical (unpaired) electrons. The van der Waals surface area contributed by atoms with Crippen molar-refractivity contribution in [2.24, 2.45) is 5.92 Å². The molecule has 0 spiro atoms. The van der Waals surface area contributed by atoms with Crippen molar-refractivity contribution in [2.75, 3.05) is 26.8 Å². The molecule has 1 saturated heterocycles. The highest BCUT2D eigenvalue weighted by Crippen LogP contribution is 2.25. The third kappa shape index (κ3) is 2.99. The molecule has 1 aromatic carbocycles. The molecule has 1 aliphatic heterocycles. The van der Waals surface area contributed by atoms with E-state index in [-0.39, 0.29) is 0 Å². The standard InChI is InChI=1S/C14H21NO2/c1-11-4-3-5-13(14(11)16)9-15-7-6-12(8-15)10-17-2/h3-5,12,16H,6-10H2,1-2H3. The largest absolute Gasteiger partial charge is 0.507 e. The quantitative estimate of drug-likeness (QED) is 0.868. The van der Waals surface area contributed by atoms with E-state index in [9.17, 15) is 5.11 Å². The monoisotopic (exact) mass is 235 g/mol. The fourth-order valence-electron chi connectivity index (χ4n) is 2.52. The molecule has 17 heavy (non-hydrogen) atoms. The third-order valence-electron chi connectivity index (χ3n) is 3.49. The molecule has 94 valence electrons. The van der Waals surface area contributed by atoms with E-state index in [1.54, 1.807) is 7.11 Å². The molecule has 1 aliphatic rings. The van der Waals surface area contributed by atoms with E-state index in [4.69, 9.17) is 4.74 Å². The second kappa shape index (κ2) is 5.52. The Morgan fingerprint density at radius 3 is 3.06 bits per heavy atom. The number of aryl methyl sites for hydroxylation is 1. The molecule has 1 fully saturated rings. The summed E-state index contributed by atoms with van der Waals surface area (Å²) in [7, 11) is 1.76. The number of hydrogen-bond donors (Lipinski definition) is 1. The van der Waals surface area contributed by atoms with Gasteiger partial charge in [-0.2, -0.15) is 0 Å². The molecule has 0 aromatic heterocycles. The average molecular weight is 235 g/mol. The van der Waals surface area contributed by atoms with Crippen LogP contribution in [0.1, 0.15) is 17.5 Å². The molecule has 0 amide bonds. The molecule has 1 aromatic rings. The van der Waals surface area contributed by atoms with Crippen molar-refractivity contribution in [1.29, 1.82) is 0 Å². The van der Waals surface area contributed by atoms with Gasteiger partial charge < -0.3 is 9.84 Å². The van der Waals surface area contributed by atoms with Crippen LogP contribution in [-0.4, -0.2) is 36.8 Å². The molecule has 1 N–H and O–H groups in total. The van der Waals surface area contributed by atoms with Gasteiger partial charge in [-0.05, 0) is 31.4 Å². The number of phenolic OH excluding ortho intramolecular Hbond substituents is 1. The lowest BCUT2D eigenvalue weighted by molar-refractivity contribution is 0.152. The summed E-state index contributed by atoms with van der Waals surface area (Å²) in [6, 6.07) is 5.95. The normalized spacial score (nSPS) is 20.9. The summed E-state index contributed by atoms with van der Waals surface area (Å²) in [5.74, 6) is 1.09. The lowest BCUT2D eigenvalue weighted by Gasteiger charge is -2.17. The zero-order chi connectivity index (χ0) is 12.3. The SMILES string of the molecule is COCC1CCN(Cc2cccc(C)c2O)C1. The number of phenols is 1. The molecular formula is C14H21NO2. The number of nitrogens with zero attached hydrogens (tertiary/aromatic N) is 1. The number of rotatable bonds is 4. The van der Waals surface area contributed by atoms with E-state index in [1.807, 2.05) is 25.1 Å². The topological polar surface area (TPSA) is 32.7 Å². The van der Waals surface area contributed by atoms with E-state index in [0.717, 1.165) is 37.4 Å². The molecule has 1 heterocycles. The summed E-state index contributed by atoms with van der Waals surface area (Å²) in [5, 5.41) is 9.98. The Labute approximate surface area is 103 Å².